The van der Waals surface area contributed by atoms with Gasteiger partial charge in [0.05, 0.1) is 12.5 Å². The molecule has 3 aromatic rings. The lowest BCUT2D eigenvalue weighted by atomic mass is 9.74. The molecule has 1 aliphatic rings. The number of benzene rings is 2. The Morgan fingerprint density at radius 3 is 2.59 bits per heavy atom. The van der Waals surface area contributed by atoms with Gasteiger partial charge in [-0.15, -0.1) is 0 Å². The number of ether oxygens (including phenoxy) is 2. The van der Waals surface area contributed by atoms with Gasteiger partial charge in [-0.25, -0.2) is 0 Å². The lowest BCUT2D eigenvalue weighted by Crippen LogP contribution is -2.35. The minimum atomic E-state index is -0.298. The molecular weight excluding hydrogens is 408 g/mol. The van der Waals surface area contributed by atoms with Crippen molar-refractivity contribution >= 4 is 15.9 Å². The first kappa shape index (κ1) is 18.2. The molecule has 4 rings (SSSR count). The van der Waals surface area contributed by atoms with Crippen LogP contribution in [0.1, 0.15) is 35.7 Å². The molecule has 2 heterocycles. The summed E-state index contributed by atoms with van der Waals surface area (Å²) in [7, 11) is 1.66. The fourth-order valence-corrected chi connectivity index (χ4v) is 3.98. The van der Waals surface area contributed by atoms with E-state index in [4.69, 9.17) is 19.0 Å². The predicted octanol–water partition coefficient (Wildman–Crippen LogP) is 4.53. The largest absolute Gasteiger partial charge is 0.497 e. The maximum atomic E-state index is 5.76. The summed E-state index contributed by atoms with van der Waals surface area (Å²) in [6.45, 7) is 1.37. The molecule has 1 fully saturated rings. The van der Waals surface area contributed by atoms with Gasteiger partial charge in [0.2, 0.25) is 5.89 Å². The van der Waals surface area contributed by atoms with Crippen LogP contribution in [0, 0.1) is 0 Å². The molecule has 0 amide bonds. The number of hydrogen-bond acceptors (Lipinski definition) is 5. The molecule has 1 aromatic heterocycles. The molecule has 0 radical (unpaired) electrons. The number of hydrogen-bond donors (Lipinski definition) is 0. The summed E-state index contributed by atoms with van der Waals surface area (Å²) in [5, 5.41) is 4.25. The molecule has 5 nitrogen and oxygen atoms in total. The molecule has 0 N–H and O–H groups in total. The zero-order chi connectivity index (χ0) is 18.7. The van der Waals surface area contributed by atoms with Gasteiger partial charge in [0.15, 0.2) is 5.82 Å². The Morgan fingerprint density at radius 1 is 1.11 bits per heavy atom. The van der Waals surface area contributed by atoms with Gasteiger partial charge in [-0.1, -0.05) is 45.4 Å². The third kappa shape index (κ3) is 3.77. The first-order valence-electron chi connectivity index (χ1n) is 8.99. The summed E-state index contributed by atoms with van der Waals surface area (Å²) in [5.74, 6) is 2.20. The summed E-state index contributed by atoms with van der Waals surface area (Å²) in [6, 6.07) is 16.3. The number of nitrogens with zero attached hydrogens (tertiary/aromatic N) is 2. The average molecular weight is 429 g/mol. The molecule has 0 atom stereocenters. The van der Waals surface area contributed by atoms with E-state index in [1.54, 1.807) is 7.11 Å². The van der Waals surface area contributed by atoms with Crippen LogP contribution >= 0.6 is 15.9 Å². The van der Waals surface area contributed by atoms with E-state index >= 15 is 0 Å². The fraction of sp³-hybridized carbons (Fsp3) is 0.333. The van der Waals surface area contributed by atoms with E-state index in [2.05, 4.69) is 33.2 Å². The SMILES string of the molecule is COc1ccc(Cc2noc(C3(c4cccc(Br)c4)CCOCC3)n2)cc1. The molecule has 0 saturated carbocycles. The lowest BCUT2D eigenvalue weighted by molar-refractivity contribution is 0.0523. The molecule has 6 heteroatoms. The van der Waals surface area contributed by atoms with Gasteiger partial charge < -0.3 is 14.0 Å². The second-order valence-electron chi connectivity index (χ2n) is 6.75. The molecule has 2 aromatic carbocycles. The summed E-state index contributed by atoms with van der Waals surface area (Å²) >= 11 is 3.58. The smallest absolute Gasteiger partial charge is 0.237 e. The van der Waals surface area contributed by atoms with Crippen molar-refractivity contribution in [1.82, 2.24) is 10.1 Å². The van der Waals surface area contributed by atoms with E-state index in [1.807, 2.05) is 36.4 Å². The predicted molar refractivity (Wildman–Crippen MR) is 105 cm³/mol. The number of aromatic nitrogens is 2. The van der Waals surface area contributed by atoms with Gasteiger partial charge in [0.25, 0.3) is 0 Å². The fourth-order valence-electron chi connectivity index (χ4n) is 3.58. The summed E-state index contributed by atoms with van der Waals surface area (Å²) in [5.41, 5.74) is 2.00. The van der Waals surface area contributed by atoms with Crippen LogP contribution in [0.2, 0.25) is 0 Å². The zero-order valence-electron chi connectivity index (χ0n) is 15.2. The van der Waals surface area contributed by atoms with Crippen LogP contribution in [0.15, 0.2) is 57.5 Å². The van der Waals surface area contributed by atoms with Crippen LogP contribution in [0.5, 0.6) is 5.75 Å². The van der Waals surface area contributed by atoms with Crippen molar-refractivity contribution in [1.29, 1.82) is 0 Å². The monoisotopic (exact) mass is 428 g/mol. The second-order valence-corrected chi connectivity index (χ2v) is 7.66. The third-order valence-corrected chi connectivity index (χ3v) is 5.62. The highest BCUT2D eigenvalue weighted by Crippen LogP contribution is 2.41. The van der Waals surface area contributed by atoms with Crippen molar-refractivity contribution in [2.75, 3.05) is 20.3 Å². The maximum Gasteiger partial charge on any atom is 0.237 e. The minimum absolute atomic E-state index is 0.298. The number of rotatable bonds is 5. The Hall–Kier alpha value is -2.18. The van der Waals surface area contributed by atoms with Gasteiger partial charge in [0, 0.05) is 24.1 Å². The second kappa shape index (κ2) is 7.82. The van der Waals surface area contributed by atoms with Crippen LogP contribution < -0.4 is 4.74 Å². The van der Waals surface area contributed by atoms with Crippen molar-refractivity contribution in [2.24, 2.45) is 0 Å². The quantitative estimate of drug-likeness (QED) is 0.597. The van der Waals surface area contributed by atoms with E-state index in [0.29, 0.717) is 31.3 Å². The molecule has 27 heavy (non-hydrogen) atoms. The molecule has 0 aliphatic carbocycles. The molecule has 0 bridgehead atoms. The highest BCUT2D eigenvalue weighted by Gasteiger charge is 2.41. The van der Waals surface area contributed by atoms with Crippen LogP contribution in [-0.2, 0) is 16.6 Å². The molecule has 0 unspecified atom stereocenters. The normalized spacial score (nSPS) is 16.2. The first-order valence-corrected chi connectivity index (χ1v) is 9.79. The Bertz CT molecular complexity index is 902. The molecule has 0 spiro atoms. The van der Waals surface area contributed by atoms with E-state index < -0.39 is 0 Å². The first-order chi connectivity index (χ1) is 13.2. The number of methoxy groups -OCH3 is 1. The Morgan fingerprint density at radius 2 is 1.89 bits per heavy atom. The van der Waals surface area contributed by atoms with Crippen molar-refractivity contribution < 1.29 is 14.0 Å². The van der Waals surface area contributed by atoms with Crippen LogP contribution in [0.3, 0.4) is 0 Å². The maximum absolute atomic E-state index is 5.76. The Balaban J connectivity index is 1.63. The summed E-state index contributed by atoms with van der Waals surface area (Å²) in [4.78, 5) is 4.77. The van der Waals surface area contributed by atoms with E-state index in [1.165, 1.54) is 5.56 Å². The van der Waals surface area contributed by atoms with Crippen molar-refractivity contribution in [3.63, 3.8) is 0 Å². The van der Waals surface area contributed by atoms with E-state index in [0.717, 1.165) is 28.6 Å². The topological polar surface area (TPSA) is 57.4 Å². The van der Waals surface area contributed by atoms with Crippen LogP contribution in [-0.4, -0.2) is 30.5 Å². The van der Waals surface area contributed by atoms with Crippen molar-refractivity contribution in [3.8, 4) is 5.75 Å². The van der Waals surface area contributed by atoms with Crippen LogP contribution in [0.25, 0.3) is 0 Å². The number of halogens is 1. The zero-order valence-corrected chi connectivity index (χ0v) is 16.7. The standard InChI is InChI=1S/C21H21BrN2O3/c1-25-18-7-5-15(6-8-18)13-19-23-20(27-24-19)21(9-11-26-12-10-21)16-3-2-4-17(22)14-16/h2-8,14H,9-13H2,1H3. The van der Waals surface area contributed by atoms with Gasteiger partial charge in [-0.3, -0.25) is 0 Å². The van der Waals surface area contributed by atoms with Gasteiger partial charge in [0.1, 0.15) is 5.75 Å². The molecule has 1 aliphatic heterocycles. The lowest BCUT2D eigenvalue weighted by Gasteiger charge is -2.34. The van der Waals surface area contributed by atoms with Crippen molar-refractivity contribution in [3.05, 3.63) is 75.8 Å². The average Bonchev–Trinajstić information content (AvgIpc) is 3.18. The highest BCUT2D eigenvalue weighted by atomic mass is 79.9. The van der Waals surface area contributed by atoms with Gasteiger partial charge in [-0.2, -0.15) is 4.98 Å². The van der Waals surface area contributed by atoms with Gasteiger partial charge >= 0.3 is 0 Å². The van der Waals surface area contributed by atoms with Crippen LogP contribution in [0.4, 0.5) is 0 Å². The summed E-state index contributed by atoms with van der Waals surface area (Å²) in [6.07, 6.45) is 2.28. The minimum Gasteiger partial charge on any atom is -0.497 e. The Labute approximate surface area is 166 Å². The molecular formula is C21H21BrN2O3. The van der Waals surface area contributed by atoms with Gasteiger partial charge in [-0.05, 0) is 48.2 Å². The van der Waals surface area contributed by atoms with E-state index in [9.17, 15) is 0 Å². The molecule has 140 valence electrons. The Kier molecular flexibility index (Phi) is 5.27. The highest BCUT2D eigenvalue weighted by molar-refractivity contribution is 9.10. The third-order valence-electron chi connectivity index (χ3n) is 5.12. The van der Waals surface area contributed by atoms with E-state index in [-0.39, 0.29) is 5.41 Å². The molecule has 1 saturated heterocycles. The summed E-state index contributed by atoms with van der Waals surface area (Å²) < 4.78 is 17.6. The van der Waals surface area contributed by atoms with Crippen molar-refractivity contribution in [2.45, 2.75) is 24.7 Å².